The number of nitrogens with one attached hydrogen (secondary N) is 3. The topological polar surface area (TPSA) is 109 Å². The van der Waals surface area contributed by atoms with Gasteiger partial charge in [-0.3, -0.25) is 4.79 Å². The summed E-state index contributed by atoms with van der Waals surface area (Å²) in [5.41, 5.74) is 1.17. The Labute approximate surface area is 209 Å². The molecule has 0 aliphatic heterocycles. The largest absolute Gasteiger partial charge is 0.493 e. The lowest BCUT2D eigenvalue weighted by Crippen LogP contribution is -2.28. The highest BCUT2D eigenvalue weighted by Crippen LogP contribution is 2.38. The van der Waals surface area contributed by atoms with E-state index in [-0.39, 0.29) is 17.3 Å². The number of methoxy groups -OCH3 is 3. The number of unbranched alkanes of at least 4 members (excludes halogenated alkanes) is 3. The van der Waals surface area contributed by atoms with Crippen molar-refractivity contribution in [2.75, 3.05) is 26.6 Å². The maximum atomic E-state index is 13.1. The van der Waals surface area contributed by atoms with Crippen LogP contribution in [0.25, 0.3) is 0 Å². The predicted molar refractivity (Wildman–Crippen MR) is 142 cm³/mol. The number of aromatic amines is 1. The van der Waals surface area contributed by atoms with Gasteiger partial charge in [-0.15, -0.1) is 0 Å². The average molecular weight is 487 g/mol. The molecule has 0 spiro atoms. The van der Waals surface area contributed by atoms with Crippen molar-refractivity contribution in [2.45, 2.75) is 84.6 Å². The van der Waals surface area contributed by atoms with Gasteiger partial charge in [0.25, 0.3) is 5.56 Å². The molecule has 0 aliphatic carbocycles. The second kappa shape index (κ2) is 14.4. The molecule has 35 heavy (non-hydrogen) atoms. The second-order valence-electron chi connectivity index (χ2n) is 8.76. The molecule has 0 bridgehead atoms. The van der Waals surface area contributed by atoms with E-state index in [1.165, 1.54) is 19.3 Å². The van der Waals surface area contributed by atoms with Gasteiger partial charge in [-0.1, -0.05) is 52.9 Å². The third-order valence-corrected chi connectivity index (χ3v) is 6.10. The predicted octanol–water partition coefficient (Wildman–Crippen LogP) is 5.72. The van der Waals surface area contributed by atoms with E-state index in [1.54, 1.807) is 21.3 Å². The maximum absolute atomic E-state index is 13.1. The van der Waals surface area contributed by atoms with Crippen LogP contribution in [-0.2, 0) is 6.42 Å². The molecule has 1 atom stereocenters. The molecule has 8 heteroatoms. The molecule has 3 N–H and O–H groups in total. The molecule has 2 rings (SSSR count). The molecule has 0 aliphatic rings. The van der Waals surface area contributed by atoms with Gasteiger partial charge >= 0.3 is 0 Å². The monoisotopic (exact) mass is 486 g/mol. The van der Waals surface area contributed by atoms with E-state index in [1.807, 2.05) is 19.1 Å². The third-order valence-electron chi connectivity index (χ3n) is 6.10. The fourth-order valence-electron chi connectivity index (χ4n) is 4.24. The Morgan fingerprint density at radius 2 is 1.69 bits per heavy atom. The Bertz CT molecular complexity index is 994. The van der Waals surface area contributed by atoms with Crippen LogP contribution >= 0.6 is 0 Å². The number of nitrogens with zero attached hydrogens (tertiary/aromatic N) is 1. The molecular formula is C27H42N4O4. The number of ether oxygens (including phenoxy) is 3. The molecule has 8 nitrogen and oxygen atoms in total. The fraction of sp³-hybridized carbons (Fsp3) is 0.593. The van der Waals surface area contributed by atoms with Crippen LogP contribution < -0.4 is 25.1 Å². The van der Waals surface area contributed by atoms with Crippen LogP contribution in [0.5, 0.6) is 17.2 Å². The van der Waals surface area contributed by atoms with Crippen molar-refractivity contribution >= 4 is 11.5 Å². The third kappa shape index (κ3) is 7.73. The highest BCUT2D eigenvalue weighted by molar-refractivity contribution is 6.01. The molecule has 1 heterocycles. The molecule has 1 aromatic carbocycles. The average Bonchev–Trinajstić information content (AvgIpc) is 2.85. The van der Waals surface area contributed by atoms with E-state index in [0.717, 1.165) is 31.2 Å². The first-order valence-electron chi connectivity index (χ1n) is 12.7. The van der Waals surface area contributed by atoms with Gasteiger partial charge in [-0.05, 0) is 37.0 Å². The molecule has 0 saturated heterocycles. The number of benzene rings is 1. The summed E-state index contributed by atoms with van der Waals surface area (Å²) in [7, 11) is 4.71. The second-order valence-corrected chi connectivity index (χ2v) is 8.76. The number of rotatable bonds is 16. The zero-order chi connectivity index (χ0) is 25.8. The van der Waals surface area contributed by atoms with E-state index >= 15 is 0 Å². The summed E-state index contributed by atoms with van der Waals surface area (Å²) in [5, 5.41) is 11.9. The van der Waals surface area contributed by atoms with Gasteiger partial charge in [0.05, 0.1) is 21.3 Å². The summed E-state index contributed by atoms with van der Waals surface area (Å²) in [6.07, 6.45) is 8.63. The van der Waals surface area contributed by atoms with Crippen molar-refractivity contribution in [3.8, 4) is 17.2 Å². The SMILES string of the molecule is CCCCCCC(CCC)Nc1nc(Cc2cc(OC)c(OC)c(OC)c2)[nH]c(=O)c1C(=N)CC. The molecule has 1 aromatic heterocycles. The summed E-state index contributed by atoms with van der Waals surface area (Å²) in [5.74, 6) is 2.61. The van der Waals surface area contributed by atoms with Gasteiger partial charge < -0.3 is 29.9 Å². The van der Waals surface area contributed by atoms with Crippen LogP contribution in [-0.4, -0.2) is 43.1 Å². The normalized spacial score (nSPS) is 11.7. The maximum Gasteiger partial charge on any atom is 0.262 e. The zero-order valence-corrected chi connectivity index (χ0v) is 22.2. The van der Waals surface area contributed by atoms with Crippen LogP contribution in [0, 0.1) is 5.41 Å². The Hall–Kier alpha value is -3.03. The van der Waals surface area contributed by atoms with Crippen LogP contribution in [0.3, 0.4) is 0 Å². The molecule has 2 aromatic rings. The van der Waals surface area contributed by atoms with Gasteiger partial charge in [0.15, 0.2) is 11.5 Å². The number of anilines is 1. The smallest absolute Gasteiger partial charge is 0.262 e. The van der Waals surface area contributed by atoms with Crippen LogP contribution in [0.1, 0.15) is 89.1 Å². The van der Waals surface area contributed by atoms with Crippen molar-refractivity contribution < 1.29 is 14.2 Å². The van der Waals surface area contributed by atoms with Crippen molar-refractivity contribution in [1.82, 2.24) is 9.97 Å². The van der Waals surface area contributed by atoms with Crippen molar-refractivity contribution in [2.24, 2.45) is 0 Å². The zero-order valence-electron chi connectivity index (χ0n) is 22.2. The molecule has 0 amide bonds. The minimum Gasteiger partial charge on any atom is -0.493 e. The van der Waals surface area contributed by atoms with Crippen LogP contribution in [0.15, 0.2) is 16.9 Å². The minimum atomic E-state index is -0.293. The highest BCUT2D eigenvalue weighted by atomic mass is 16.5. The fourth-order valence-corrected chi connectivity index (χ4v) is 4.24. The van der Waals surface area contributed by atoms with Gasteiger partial charge in [-0.25, -0.2) is 4.98 Å². The molecule has 0 saturated carbocycles. The van der Waals surface area contributed by atoms with Gasteiger partial charge in [0.1, 0.15) is 17.2 Å². The molecule has 194 valence electrons. The number of hydrogen-bond donors (Lipinski definition) is 3. The van der Waals surface area contributed by atoms with E-state index in [9.17, 15) is 4.79 Å². The van der Waals surface area contributed by atoms with Crippen molar-refractivity contribution in [3.63, 3.8) is 0 Å². The molecule has 0 radical (unpaired) electrons. The summed E-state index contributed by atoms with van der Waals surface area (Å²) >= 11 is 0. The Morgan fingerprint density at radius 1 is 1.00 bits per heavy atom. The Kier molecular flexibility index (Phi) is 11.6. The first-order chi connectivity index (χ1) is 16.9. The lowest BCUT2D eigenvalue weighted by Gasteiger charge is -2.21. The molecule has 1 unspecified atom stereocenters. The van der Waals surface area contributed by atoms with E-state index in [2.05, 4.69) is 24.1 Å². The molecule has 0 fully saturated rings. The number of hydrogen-bond acceptors (Lipinski definition) is 7. The Balaban J connectivity index is 2.42. The lowest BCUT2D eigenvalue weighted by molar-refractivity contribution is 0.324. The summed E-state index contributed by atoms with van der Waals surface area (Å²) < 4.78 is 16.3. The standard InChI is InChI=1S/C27H42N4O4/c1-7-10-11-12-14-19(13-8-2)29-26-24(20(28)9-3)27(32)31-23(30-26)17-18-15-21(33-4)25(35-6)22(16-18)34-5/h15-16,19,28H,7-14,17H2,1-6H3,(H2,29,30,31,32). The number of aromatic nitrogens is 2. The summed E-state index contributed by atoms with van der Waals surface area (Å²) in [6.45, 7) is 6.25. The van der Waals surface area contributed by atoms with Crippen molar-refractivity contribution in [3.05, 3.63) is 39.4 Å². The van der Waals surface area contributed by atoms with Crippen molar-refractivity contribution in [1.29, 1.82) is 5.41 Å². The summed E-state index contributed by atoms with van der Waals surface area (Å²) in [6, 6.07) is 3.91. The van der Waals surface area contributed by atoms with Gasteiger partial charge in [-0.2, -0.15) is 0 Å². The van der Waals surface area contributed by atoms with Crippen LogP contribution in [0.4, 0.5) is 5.82 Å². The van der Waals surface area contributed by atoms with Gasteiger partial charge in [0.2, 0.25) is 5.75 Å². The number of H-pyrrole nitrogens is 1. The summed E-state index contributed by atoms with van der Waals surface area (Å²) in [4.78, 5) is 20.8. The van der Waals surface area contributed by atoms with E-state index in [4.69, 9.17) is 24.6 Å². The minimum absolute atomic E-state index is 0.212. The first kappa shape index (κ1) is 28.2. The van der Waals surface area contributed by atoms with Gasteiger partial charge in [0, 0.05) is 18.2 Å². The van der Waals surface area contributed by atoms with E-state index < -0.39 is 0 Å². The quantitative estimate of drug-likeness (QED) is 0.207. The first-order valence-corrected chi connectivity index (χ1v) is 12.7. The lowest BCUT2D eigenvalue weighted by atomic mass is 10.0. The highest BCUT2D eigenvalue weighted by Gasteiger charge is 2.20. The Morgan fingerprint density at radius 3 is 2.23 bits per heavy atom. The molecular weight excluding hydrogens is 444 g/mol. The van der Waals surface area contributed by atoms with Crippen LogP contribution in [0.2, 0.25) is 0 Å². The van der Waals surface area contributed by atoms with E-state index in [0.29, 0.717) is 47.3 Å².